The second-order valence-corrected chi connectivity index (χ2v) is 8.77. The van der Waals surface area contributed by atoms with E-state index >= 15 is 0 Å². The third-order valence-corrected chi connectivity index (χ3v) is 4.80. The molecular formula is C27H31NO4. The summed E-state index contributed by atoms with van der Waals surface area (Å²) in [6, 6.07) is 13.5. The van der Waals surface area contributed by atoms with Gasteiger partial charge in [-0.1, -0.05) is 24.3 Å². The van der Waals surface area contributed by atoms with Crippen molar-refractivity contribution in [1.82, 2.24) is 4.98 Å². The zero-order valence-electron chi connectivity index (χ0n) is 19.7. The molecule has 5 heteroatoms. The summed E-state index contributed by atoms with van der Waals surface area (Å²) in [5.74, 6) is 1.03. The average molecular weight is 434 g/mol. The van der Waals surface area contributed by atoms with Crippen molar-refractivity contribution in [2.45, 2.75) is 40.2 Å². The van der Waals surface area contributed by atoms with Crippen molar-refractivity contribution >= 4 is 22.8 Å². The van der Waals surface area contributed by atoms with Crippen LogP contribution in [0.15, 0.2) is 48.5 Å². The Labute approximate surface area is 190 Å². The van der Waals surface area contributed by atoms with Crippen LogP contribution in [0, 0.1) is 13.8 Å². The third kappa shape index (κ3) is 5.95. The fourth-order valence-electron chi connectivity index (χ4n) is 3.42. The zero-order valence-corrected chi connectivity index (χ0v) is 19.7. The molecule has 32 heavy (non-hydrogen) atoms. The lowest BCUT2D eigenvalue weighted by Crippen LogP contribution is -2.24. The van der Waals surface area contributed by atoms with Crippen LogP contribution in [0.2, 0.25) is 0 Å². The number of rotatable bonds is 8. The highest BCUT2D eigenvalue weighted by Crippen LogP contribution is 2.29. The lowest BCUT2D eigenvalue weighted by Gasteiger charge is -2.24. The number of pyridine rings is 1. The number of para-hydroxylation sites is 1. The van der Waals surface area contributed by atoms with Gasteiger partial charge in [0.15, 0.2) is 5.78 Å². The minimum absolute atomic E-state index is 0.166. The standard InChI is InChI=1S/C27H31NO4/c1-18-15-20(16-19(2)25(18)32-27(3,4)5)11-12-24(29)22-17-21-9-7-8-10-23(21)28-26(22)31-14-13-30-6/h7-12,15-17H,13-14H2,1-6H3/b12-11+. The number of benzene rings is 2. The molecule has 1 aromatic heterocycles. The van der Waals surface area contributed by atoms with Gasteiger partial charge in [-0.05, 0) is 81.7 Å². The Kier molecular flexibility index (Phi) is 7.31. The number of hydrogen-bond acceptors (Lipinski definition) is 5. The van der Waals surface area contributed by atoms with E-state index in [-0.39, 0.29) is 11.4 Å². The van der Waals surface area contributed by atoms with Gasteiger partial charge in [0, 0.05) is 12.5 Å². The second kappa shape index (κ2) is 9.96. The molecule has 3 rings (SSSR count). The minimum Gasteiger partial charge on any atom is -0.488 e. The summed E-state index contributed by atoms with van der Waals surface area (Å²) < 4.78 is 16.9. The summed E-state index contributed by atoms with van der Waals surface area (Å²) in [5.41, 5.74) is 3.93. The van der Waals surface area contributed by atoms with Gasteiger partial charge < -0.3 is 14.2 Å². The summed E-state index contributed by atoms with van der Waals surface area (Å²) in [5, 5.41) is 0.888. The van der Waals surface area contributed by atoms with Crippen LogP contribution in [0.5, 0.6) is 11.6 Å². The summed E-state index contributed by atoms with van der Waals surface area (Å²) in [7, 11) is 1.60. The molecule has 168 valence electrons. The second-order valence-electron chi connectivity index (χ2n) is 8.77. The Bertz CT molecular complexity index is 1120. The maximum absolute atomic E-state index is 13.1. The van der Waals surface area contributed by atoms with Gasteiger partial charge in [-0.3, -0.25) is 4.79 Å². The molecule has 0 aliphatic heterocycles. The Morgan fingerprint density at radius 2 is 1.72 bits per heavy atom. The van der Waals surface area contributed by atoms with E-state index in [1.165, 1.54) is 0 Å². The lowest BCUT2D eigenvalue weighted by atomic mass is 10.0. The summed E-state index contributed by atoms with van der Waals surface area (Å²) in [6.45, 7) is 10.9. The average Bonchev–Trinajstić information content (AvgIpc) is 2.73. The molecule has 0 unspecified atom stereocenters. The number of hydrogen-bond donors (Lipinski definition) is 0. The van der Waals surface area contributed by atoms with Gasteiger partial charge in [0.25, 0.3) is 0 Å². The summed E-state index contributed by atoms with van der Waals surface area (Å²) >= 11 is 0. The number of carbonyl (C=O) groups is 1. The molecule has 5 nitrogen and oxygen atoms in total. The molecule has 0 radical (unpaired) electrons. The molecule has 0 saturated heterocycles. The van der Waals surface area contributed by atoms with Crippen LogP contribution in [0.1, 0.15) is 47.8 Å². The van der Waals surface area contributed by atoms with Crippen LogP contribution in [0.3, 0.4) is 0 Å². The van der Waals surface area contributed by atoms with Crippen molar-refractivity contribution in [2.75, 3.05) is 20.3 Å². The van der Waals surface area contributed by atoms with Crippen molar-refractivity contribution in [3.8, 4) is 11.6 Å². The predicted molar refractivity (Wildman–Crippen MR) is 129 cm³/mol. The smallest absolute Gasteiger partial charge is 0.225 e. The topological polar surface area (TPSA) is 57.7 Å². The van der Waals surface area contributed by atoms with Crippen molar-refractivity contribution in [3.63, 3.8) is 0 Å². The quantitative estimate of drug-likeness (QED) is 0.250. The molecule has 3 aromatic rings. The van der Waals surface area contributed by atoms with Gasteiger partial charge in [0.2, 0.25) is 5.88 Å². The van der Waals surface area contributed by atoms with Gasteiger partial charge in [-0.2, -0.15) is 0 Å². The molecule has 0 amide bonds. The number of aromatic nitrogens is 1. The van der Waals surface area contributed by atoms with Crippen LogP contribution in [-0.2, 0) is 4.74 Å². The van der Waals surface area contributed by atoms with Crippen LogP contribution in [0.4, 0.5) is 0 Å². The van der Waals surface area contributed by atoms with E-state index in [0.717, 1.165) is 33.3 Å². The van der Waals surface area contributed by atoms with E-state index in [1.807, 2.05) is 83.2 Å². The third-order valence-electron chi connectivity index (χ3n) is 4.80. The van der Waals surface area contributed by atoms with Crippen LogP contribution >= 0.6 is 0 Å². The predicted octanol–water partition coefficient (Wildman–Crippen LogP) is 5.95. The number of ketones is 1. The highest BCUT2D eigenvalue weighted by molar-refractivity contribution is 6.10. The Morgan fingerprint density at radius 3 is 2.38 bits per heavy atom. The Hall–Kier alpha value is -3.18. The van der Waals surface area contributed by atoms with E-state index in [0.29, 0.717) is 24.7 Å². The highest BCUT2D eigenvalue weighted by Gasteiger charge is 2.17. The van der Waals surface area contributed by atoms with Gasteiger partial charge in [0.05, 0.1) is 17.7 Å². The van der Waals surface area contributed by atoms with Gasteiger partial charge in [-0.25, -0.2) is 4.98 Å². The molecule has 0 fully saturated rings. The number of fused-ring (bicyclic) bond motifs is 1. The Balaban J connectivity index is 1.89. The molecule has 0 spiro atoms. The van der Waals surface area contributed by atoms with E-state index in [4.69, 9.17) is 14.2 Å². The van der Waals surface area contributed by atoms with Crippen LogP contribution < -0.4 is 9.47 Å². The normalized spacial score (nSPS) is 11.8. The lowest BCUT2D eigenvalue weighted by molar-refractivity contribution is 0.103. The van der Waals surface area contributed by atoms with Crippen molar-refractivity contribution in [1.29, 1.82) is 0 Å². The number of aryl methyl sites for hydroxylation is 2. The monoisotopic (exact) mass is 433 g/mol. The molecule has 0 N–H and O–H groups in total. The first-order valence-corrected chi connectivity index (χ1v) is 10.7. The van der Waals surface area contributed by atoms with Gasteiger partial charge >= 0.3 is 0 Å². The van der Waals surface area contributed by atoms with Crippen LogP contribution in [0.25, 0.3) is 17.0 Å². The molecule has 1 heterocycles. The van der Waals surface area contributed by atoms with Crippen molar-refractivity contribution < 1.29 is 19.0 Å². The molecular weight excluding hydrogens is 402 g/mol. The number of allylic oxidation sites excluding steroid dienone is 1. The fraction of sp³-hybridized carbons (Fsp3) is 0.333. The maximum atomic E-state index is 13.1. The Morgan fingerprint density at radius 1 is 1.03 bits per heavy atom. The molecule has 2 aromatic carbocycles. The SMILES string of the molecule is COCCOc1nc2ccccc2cc1C(=O)/C=C/c1cc(C)c(OC(C)(C)C)c(C)c1. The summed E-state index contributed by atoms with van der Waals surface area (Å²) in [6.07, 6.45) is 3.38. The maximum Gasteiger partial charge on any atom is 0.225 e. The fourth-order valence-corrected chi connectivity index (χ4v) is 3.42. The molecule has 0 atom stereocenters. The van der Waals surface area contributed by atoms with E-state index in [2.05, 4.69) is 4.98 Å². The molecule has 0 saturated carbocycles. The number of carbonyl (C=O) groups excluding carboxylic acids is 1. The van der Waals surface area contributed by atoms with E-state index in [9.17, 15) is 4.79 Å². The highest BCUT2D eigenvalue weighted by atomic mass is 16.5. The zero-order chi connectivity index (χ0) is 23.3. The van der Waals surface area contributed by atoms with Gasteiger partial charge in [0.1, 0.15) is 18.0 Å². The van der Waals surface area contributed by atoms with E-state index < -0.39 is 0 Å². The number of ether oxygens (including phenoxy) is 3. The minimum atomic E-state index is -0.273. The first-order chi connectivity index (χ1) is 15.2. The largest absolute Gasteiger partial charge is 0.488 e. The molecule has 0 aliphatic rings. The summed E-state index contributed by atoms with van der Waals surface area (Å²) in [4.78, 5) is 17.6. The first-order valence-electron chi connectivity index (χ1n) is 10.7. The van der Waals surface area contributed by atoms with E-state index in [1.54, 1.807) is 13.2 Å². The van der Waals surface area contributed by atoms with Crippen molar-refractivity contribution in [3.05, 3.63) is 70.8 Å². The van der Waals surface area contributed by atoms with Gasteiger partial charge in [-0.15, -0.1) is 0 Å². The number of methoxy groups -OCH3 is 1. The molecule has 0 aliphatic carbocycles. The molecule has 0 bridgehead atoms. The number of nitrogens with zero attached hydrogens (tertiary/aromatic N) is 1. The van der Waals surface area contributed by atoms with Crippen molar-refractivity contribution in [2.24, 2.45) is 0 Å². The van der Waals surface area contributed by atoms with Crippen LogP contribution in [-0.4, -0.2) is 36.7 Å². The first kappa shape index (κ1) is 23.5.